The molecule has 1 amide bonds. The molecule has 1 aromatic heterocycles. The highest BCUT2D eigenvalue weighted by molar-refractivity contribution is 9.10. The first kappa shape index (κ1) is 15.3. The van der Waals surface area contributed by atoms with E-state index in [1.165, 1.54) is 6.20 Å². The fraction of sp³-hybridized carbons (Fsp3) is 0.538. The van der Waals surface area contributed by atoms with Crippen molar-refractivity contribution >= 4 is 21.8 Å². The Kier molecular flexibility index (Phi) is 4.67. The van der Waals surface area contributed by atoms with Crippen molar-refractivity contribution in [2.24, 2.45) is 5.92 Å². The molecule has 0 bridgehead atoms. The fourth-order valence-corrected chi connectivity index (χ4v) is 2.58. The molecule has 1 fully saturated rings. The van der Waals surface area contributed by atoms with Crippen molar-refractivity contribution in [3.05, 3.63) is 28.5 Å². The van der Waals surface area contributed by atoms with E-state index in [1.807, 2.05) is 0 Å². The van der Waals surface area contributed by atoms with E-state index in [0.717, 1.165) is 0 Å². The monoisotopic (exact) mass is 350 g/mol. The fourth-order valence-electron chi connectivity index (χ4n) is 2.34. The smallest absolute Gasteiger partial charge is 0.349 e. The van der Waals surface area contributed by atoms with Crippen LogP contribution in [0.1, 0.15) is 36.0 Å². The van der Waals surface area contributed by atoms with Gasteiger partial charge in [0.15, 0.2) is 0 Å². The number of nitrogens with zero attached hydrogens (tertiary/aromatic N) is 1. The lowest BCUT2D eigenvalue weighted by molar-refractivity contribution is -0.182. The number of carbonyl (C=O) groups excluding carboxylic acids is 1. The minimum atomic E-state index is -4.12. The van der Waals surface area contributed by atoms with Gasteiger partial charge in [0.25, 0.3) is 5.91 Å². The summed E-state index contributed by atoms with van der Waals surface area (Å²) in [6.45, 7) is 0. The van der Waals surface area contributed by atoms with Crippen LogP contribution in [0.15, 0.2) is 22.9 Å². The van der Waals surface area contributed by atoms with Gasteiger partial charge in [-0.1, -0.05) is 0 Å². The molecule has 0 aromatic carbocycles. The number of amides is 1. The van der Waals surface area contributed by atoms with Crippen LogP contribution in [0.3, 0.4) is 0 Å². The molecule has 0 saturated heterocycles. The van der Waals surface area contributed by atoms with E-state index >= 15 is 0 Å². The molecule has 1 saturated carbocycles. The molecule has 3 nitrogen and oxygen atoms in total. The summed E-state index contributed by atoms with van der Waals surface area (Å²) in [5, 5.41) is 2.77. The summed E-state index contributed by atoms with van der Waals surface area (Å²) >= 11 is 3.17. The lowest BCUT2D eigenvalue weighted by Crippen LogP contribution is -2.40. The molecule has 1 aliphatic carbocycles. The van der Waals surface area contributed by atoms with Crippen molar-refractivity contribution in [3.8, 4) is 0 Å². The standard InChI is InChI=1S/C13H14BrF3N2O/c14-11-6-1-8(7-18-11)12(20)19-10-4-2-9(3-5-10)13(15,16)17/h1,6-7,9-10H,2-5H2,(H,19,20). The van der Waals surface area contributed by atoms with E-state index in [1.54, 1.807) is 12.1 Å². The van der Waals surface area contributed by atoms with Crippen LogP contribution in [0, 0.1) is 5.92 Å². The molecule has 110 valence electrons. The number of rotatable bonds is 2. The summed E-state index contributed by atoms with van der Waals surface area (Å²) in [5.41, 5.74) is 0.408. The van der Waals surface area contributed by atoms with Crippen LogP contribution in [0.25, 0.3) is 0 Å². The number of carbonyl (C=O) groups is 1. The SMILES string of the molecule is O=C(NC1CCC(C(F)(F)F)CC1)c1ccc(Br)nc1. The Balaban J connectivity index is 1.86. The maximum atomic E-state index is 12.5. The molecule has 0 spiro atoms. The number of halogens is 4. The van der Waals surface area contributed by atoms with E-state index in [9.17, 15) is 18.0 Å². The van der Waals surface area contributed by atoms with E-state index < -0.39 is 12.1 Å². The maximum absolute atomic E-state index is 12.5. The number of aromatic nitrogens is 1. The van der Waals surface area contributed by atoms with Crippen LogP contribution in [-0.2, 0) is 0 Å². The minimum absolute atomic E-state index is 0.0764. The molecule has 0 unspecified atom stereocenters. The van der Waals surface area contributed by atoms with Gasteiger partial charge in [-0.15, -0.1) is 0 Å². The highest BCUT2D eigenvalue weighted by Gasteiger charge is 2.41. The summed E-state index contributed by atoms with van der Waals surface area (Å²) in [4.78, 5) is 15.9. The number of hydrogen-bond donors (Lipinski definition) is 1. The lowest BCUT2D eigenvalue weighted by Gasteiger charge is -2.30. The molecular weight excluding hydrogens is 337 g/mol. The Bertz CT molecular complexity index is 467. The number of pyridine rings is 1. The number of alkyl halides is 3. The minimum Gasteiger partial charge on any atom is -0.349 e. The van der Waals surface area contributed by atoms with Crippen molar-refractivity contribution in [3.63, 3.8) is 0 Å². The van der Waals surface area contributed by atoms with Crippen LogP contribution in [0.4, 0.5) is 13.2 Å². The molecule has 1 aliphatic rings. The van der Waals surface area contributed by atoms with Gasteiger partial charge in [0.2, 0.25) is 0 Å². The second-order valence-electron chi connectivity index (χ2n) is 4.93. The third kappa shape index (κ3) is 3.94. The zero-order chi connectivity index (χ0) is 14.8. The van der Waals surface area contributed by atoms with E-state index in [0.29, 0.717) is 23.0 Å². The molecule has 1 heterocycles. The summed E-state index contributed by atoms with van der Waals surface area (Å²) in [7, 11) is 0. The molecular formula is C13H14BrF3N2O. The van der Waals surface area contributed by atoms with Gasteiger partial charge in [-0.2, -0.15) is 13.2 Å². The first-order chi connectivity index (χ1) is 9.36. The van der Waals surface area contributed by atoms with Crippen LogP contribution >= 0.6 is 15.9 Å². The molecule has 1 N–H and O–H groups in total. The quantitative estimate of drug-likeness (QED) is 0.826. The second-order valence-corrected chi connectivity index (χ2v) is 5.75. The Morgan fingerprint density at radius 1 is 1.25 bits per heavy atom. The van der Waals surface area contributed by atoms with Crippen LogP contribution < -0.4 is 5.32 Å². The number of nitrogens with one attached hydrogen (secondary N) is 1. The molecule has 20 heavy (non-hydrogen) atoms. The average molecular weight is 351 g/mol. The molecule has 1 aromatic rings. The van der Waals surface area contributed by atoms with Gasteiger partial charge in [-0.25, -0.2) is 4.98 Å². The van der Waals surface area contributed by atoms with Crippen LogP contribution in [0.2, 0.25) is 0 Å². The largest absolute Gasteiger partial charge is 0.391 e. The molecule has 7 heteroatoms. The Hall–Kier alpha value is -1.11. The van der Waals surface area contributed by atoms with Crippen LogP contribution in [-0.4, -0.2) is 23.1 Å². The highest BCUT2D eigenvalue weighted by atomic mass is 79.9. The second kappa shape index (κ2) is 6.11. The van der Waals surface area contributed by atoms with Gasteiger partial charge in [0.05, 0.1) is 11.5 Å². The van der Waals surface area contributed by atoms with Gasteiger partial charge in [-0.3, -0.25) is 4.79 Å². The topological polar surface area (TPSA) is 42.0 Å². The van der Waals surface area contributed by atoms with Crippen molar-refractivity contribution < 1.29 is 18.0 Å². The van der Waals surface area contributed by atoms with Crippen molar-refractivity contribution in [2.75, 3.05) is 0 Å². The molecule has 0 aliphatic heterocycles. The first-order valence-corrected chi connectivity index (χ1v) is 7.14. The van der Waals surface area contributed by atoms with Crippen molar-refractivity contribution in [2.45, 2.75) is 37.9 Å². The van der Waals surface area contributed by atoms with Crippen molar-refractivity contribution in [1.29, 1.82) is 0 Å². The highest BCUT2D eigenvalue weighted by Crippen LogP contribution is 2.37. The molecule has 0 radical (unpaired) electrons. The average Bonchev–Trinajstić information content (AvgIpc) is 2.39. The van der Waals surface area contributed by atoms with Gasteiger partial charge >= 0.3 is 6.18 Å². The van der Waals surface area contributed by atoms with Gasteiger partial charge in [0, 0.05) is 12.2 Å². The summed E-state index contributed by atoms with van der Waals surface area (Å²) < 4.78 is 38.2. The first-order valence-electron chi connectivity index (χ1n) is 6.35. The van der Waals surface area contributed by atoms with Gasteiger partial charge < -0.3 is 5.32 Å². The van der Waals surface area contributed by atoms with Gasteiger partial charge in [-0.05, 0) is 53.7 Å². The van der Waals surface area contributed by atoms with E-state index in [2.05, 4.69) is 26.2 Å². The zero-order valence-electron chi connectivity index (χ0n) is 10.6. The van der Waals surface area contributed by atoms with Crippen LogP contribution in [0.5, 0.6) is 0 Å². The summed E-state index contributed by atoms with van der Waals surface area (Å²) in [5.74, 6) is -1.52. The van der Waals surface area contributed by atoms with Gasteiger partial charge in [0.1, 0.15) is 4.60 Å². The Morgan fingerprint density at radius 2 is 1.90 bits per heavy atom. The molecule has 2 rings (SSSR count). The third-order valence-electron chi connectivity index (χ3n) is 3.51. The number of hydrogen-bond acceptors (Lipinski definition) is 2. The van der Waals surface area contributed by atoms with Crippen molar-refractivity contribution in [1.82, 2.24) is 10.3 Å². The zero-order valence-corrected chi connectivity index (χ0v) is 12.2. The summed E-state index contributed by atoms with van der Waals surface area (Å²) in [6.07, 6.45) is -1.81. The Morgan fingerprint density at radius 3 is 2.40 bits per heavy atom. The van der Waals surface area contributed by atoms with E-state index in [4.69, 9.17) is 0 Å². The third-order valence-corrected chi connectivity index (χ3v) is 3.98. The Labute approximate surface area is 123 Å². The maximum Gasteiger partial charge on any atom is 0.391 e. The summed E-state index contributed by atoms with van der Waals surface area (Å²) in [6, 6.07) is 3.08. The lowest BCUT2D eigenvalue weighted by atomic mass is 9.85. The van der Waals surface area contributed by atoms with E-state index in [-0.39, 0.29) is 24.8 Å². The molecule has 0 atom stereocenters. The normalized spacial score (nSPS) is 23.4. The predicted octanol–water partition coefficient (Wildman–Crippen LogP) is 3.70. The predicted molar refractivity (Wildman–Crippen MR) is 71.2 cm³/mol.